The van der Waals surface area contributed by atoms with Crippen molar-refractivity contribution in [2.75, 3.05) is 44.7 Å². The predicted octanol–water partition coefficient (Wildman–Crippen LogP) is 4.44. The molecule has 0 aromatic heterocycles. The Bertz CT molecular complexity index is 958. The van der Waals surface area contributed by atoms with Crippen LogP contribution in [0.3, 0.4) is 0 Å². The summed E-state index contributed by atoms with van der Waals surface area (Å²) in [4.78, 5) is 7.55. The molecular weight excluding hydrogens is 394 g/mol. The molecule has 5 rings (SSSR count). The highest BCUT2D eigenvalue weighted by Crippen LogP contribution is 2.35. The van der Waals surface area contributed by atoms with Crippen LogP contribution in [0.25, 0.3) is 0 Å². The second-order valence-electron chi connectivity index (χ2n) is 9.09. The van der Waals surface area contributed by atoms with E-state index in [9.17, 15) is 0 Å². The lowest BCUT2D eigenvalue weighted by Crippen LogP contribution is -2.46. The van der Waals surface area contributed by atoms with Gasteiger partial charge in [0.2, 0.25) is 0 Å². The molecule has 0 N–H and O–H groups in total. The molecule has 0 amide bonds. The van der Waals surface area contributed by atoms with Gasteiger partial charge in [-0.1, -0.05) is 66.7 Å². The minimum Gasteiger partial charge on any atom is -0.492 e. The first-order chi connectivity index (χ1) is 15.8. The first-order valence-electron chi connectivity index (χ1n) is 11.8. The summed E-state index contributed by atoms with van der Waals surface area (Å²) in [6.07, 6.45) is 1.03. The van der Waals surface area contributed by atoms with Crippen LogP contribution in [0.4, 0.5) is 5.69 Å². The van der Waals surface area contributed by atoms with Crippen molar-refractivity contribution in [3.8, 4) is 5.75 Å². The molecule has 0 bridgehead atoms. The van der Waals surface area contributed by atoms with E-state index in [0.29, 0.717) is 6.04 Å². The zero-order valence-electron chi connectivity index (χ0n) is 19.0. The topological polar surface area (TPSA) is 19.0 Å². The van der Waals surface area contributed by atoms with E-state index in [1.165, 1.54) is 22.4 Å². The van der Waals surface area contributed by atoms with E-state index in [1.54, 1.807) is 0 Å². The molecule has 0 unspecified atom stereocenters. The van der Waals surface area contributed by atoms with E-state index in [0.717, 1.165) is 58.0 Å². The third kappa shape index (κ3) is 4.82. The van der Waals surface area contributed by atoms with Crippen LogP contribution in [-0.2, 0) is 19.5 Å². The molecule has 1 atom stereocenters. The highest BCUT2D eigenvalue weighted by Gasteiger charge is 2.29. The van der Waals surface area contributed by atoms with Crippen LogP contribution in [0.15, 0.2) is 78.9 Å². The molecule has 0 saturated carbocycles. The average Bonchev–Trinajstić information content (AvgIpc) is 2.85. The zero-order chi connectivity index (χ0) is 21.8. The number of benzene rings is 3. The van der Waals surface area contributed by atoms with Gasteiger partial charge in [0.1, 0.15) is 12.4 Å². The molecule has 2 aliphatic rings. The second-order valence-corrected chi connectivity index (χ2v) is 9.09. The zero-order valence-corrected chi connectivity index (χ0v) is 19.0. The Morgan fingerprint density at radius 2 is 1.41 bits per heavy atom. The van der Waals surface area contributed by atoms with Gasteiger partial charge < -0.3 is 14.5 Å². The number of hydrogen-bond acceptors (Lipinski definition) is 4. The lowest BCUT2D eigenvalue weighted by molar-refractivity contribution is 0.106. The molecule has 1 fully saturated rings. The SMILES string of the molecule is CN1CCN(c2cccc3c2C[C@@H](N(Cc2ccccc2)Cc2ccccc2)CO3)CC1. The lowest BCUT2D eigenvalue weighted by atomic mass is 9.97. The second kappa shape index (κ2) is 9.76. The summed E-state index contributed by atoms with van der Waals surface area (Å²) in [7, 11) is 2.21. The molecule has 0 radical (unpaired) electrons. The molecule has 0 aliphatic carbocycles. The van der Waals surface area contributed by atoms with Gasteiger partial charge in [-0.05, 0) is 36.7 Å². The number of anilines is 1. The number of likely N-dealkylation sites (N-methyl/N-ethyl adjacent to an activating group) is 1. The van der Waals surface area contributed by atoms with Gasteiger partial charge in [0.15, 0.2) is 0 Å². The lowest BCUT2D eigenvalue weighted by Gasteiger charge is -2.39. The van der Waals surface area contributed by atoms with Crippen molar-refractivity contribution < 1.29 is 4.74 Å². The van der Waals surface area contributed by atoms with Crippen LogP contribution in [0.1, 0.15) is 16.7 Å². The fraction of sp³-hybridized carbons (Fsp3) is 0.357. The number of nitrogens with zero attached hydrogens (tertiary/aromatic N) is 3. The first-order valence-corrected chi connectivity index (χ1v) is 11.8. The fourth-order valence-corrected chi connectivity index (χ4v) is 4.90. The average molecular weight is 428 g/mol. The quantitative estimate of drug-likeness (QED) is 0.579. The maximum Gasteiger partial charge on any atom is 0.124 e. The van der Waals surface area contributed by atoms with E-state index < -0.39 is 0 Å². The van der Waals surface area contributed by atoms with Crippen molar-refractivity contribution in [2.24, 2.45) is 0 Å². The van der Waals surface area contributed by atoms with Crippen molar-refractivity contribution in [3.63, 3.8) is 0 Å². The van der Waals surface area contributed by atoms with E-state index in [2.05, 4.69) is 101 Å². The van der Waals surface area contributed by atoms with Gasteiger partial charge in [-0.25, -0.2) is 0 Å². The van der Waals surface area contributed by atoms with Crippen LogP contribution < -0.4 is 9.64 Å². The summed E-state index contributed by atoms with van der Waals surface area (Å²) >= 11 is 0. The molecule has 2 aliphatic heterocycles. The van der Waals surface area contributed by atoms with E-state index >= 15 is 0 Å². The molecule has 3 aromatic rings. The molecular formula is C28H33N3O. The van der Waals surface area contributed by atoms with Crippen LogP contribution in [-0.4, -0.2) is 55.7 Å². The molecule has 166 valence electrons. The van der Waals surface area contributed by atoms with Crippen molar-refractivity contribution in [2.45, 2.75) is 25.6 Å². The molecule has 1 saturated heterocycles. The first kappa shape index (κ1) is 21.0. The van der Waals surface area contributed by atoms with E-state index in [1.807, 2.05) is 0 Å². The van der Waals surface area contributed by atoms with Crippen molar-refractivity contribution in [1.82, 2.24) is 9.80 Å². The monoisotopic (exact) mass is 427 g/mol. The summed E-state index contributed by atoms with van der Waals surface area (Å²) in [5.41, 5.74) is 5.43. The van der Waals surface area contributed by atoms with Gasteiger partial charge in [-0.15, -0.1) is 0 Å². The normalized spacial score (nSPS) is 18.9. The smallest absolute Gasteiger partial charge is 0.124 e. The number of fused-ring (bicyclic) bond motifs is 1. The van der Waals surface area contributed by atoms with Crippen LogP contribution in [0, 0.1) is 0 Å². The van der Waals surface area contributed by atoms with Gasteiger partial charge in [0.05, 0.1) is 0 Å². The van der Waals surface area contributed by atoms with Crippen molar-refractivity contribution in [1.29, 1.82) is 0 Å². The summed E-state index contributed by atoms with van der Waals surface area (Å²) in [6.45, 7) is 6.97. The van der Waals surface area contributed by atoms with Crippen LogP contribution in [0.5, 0.6) is 5.75 Å². The Morgan fingerprint density at radius 1 is 0.781 bits per heavy atom. The molecule has 4 nitrogen and oxygen atoms in total. The minimum atomic E-state index is 0.344. The molecule has 0 spiro atoms. The minimum absolute atomic E-state index is 0.344. The summed E-state index contributed by atoms with van der Waals surface area (Å²) < 4.78 is 6.37. The van der Waals surface area contributed by atoms with Gasteiger partial charge in [0, 0.05) is 56.6 Å². The Hall–Kier alpha value is -2.82. The molecule has 32 heavy (non-hydrogen) atoms. The number of hydrogen-bond donors (Lipinski definition) is 0. The highest BCUT2D eigenvalue weighted by atomic mass is 16.5. The van der Waals surface area contributed by atoms with Gasteiger partial charge in [-0.2, -0.15) is 0 Å². The summed E-state index contributed by atoms with van der Waals surface area (Å²) in [6, 6.07) is 28.5. The maximum absolute atomic E-state index is 6.37. The Labute approximate surface area is 192 Å². The van der Waals surface area contributed by atoms with E-state index in [4.69, 9.17) is 4.74 Å². The largest absolute Gasteiger partial charge is 0.492 e. The third-order valence-electron chi connectivity index (χ3n) is 6.80. The van der Waals surface area contributed by atoms with Gasteiger partial charge in [-0.3, -0.25) is 4.90 Å². The molecule has 2 heterocycles. The summed E-state index contributed by atoms with van der Waals surface area (Å²) in [5.74, 6) is 1.07. The standard InChI is InChI=1S/C28H33N3O/c1-29-15-17-30(18-16-29)27-13-8-14-28-26(27)19-25(22-32-28)31(20-23-9-4-2-5-10-23)21-24-11-6-3-7-12-24/h2-14,25H,15-22H2,1H3/t25-/m1/s1. The number of rotatable bonds is 6. The number of ether oxygens (including phenoxy) is 1. The maximum atomic E-state index is 6.37. The van der Waals surface area contributed by atoms with Crippen LogP contribution in [0.2, 0.25) is 0 Å². The van der Waals surface area contributed by atoms with Crippen LogP contribution >= 0.6 is 0 Å². The fourth-order valence-electron chi connectivity index (χ4n) is 4.90. The van der Waals surface area contributed by atoms with Crippen molar-refractivity contribution >= 4 is 5.69 Å². The molecule has 3 aromatic carbocycles. The molecule has 4 heteroatoms. The Balaban J connectivity index is 1.40. The van der Waals surface area contributed by atoms with Crippen molar-refractivity contribution in [3.05, 3.63) is 95.6 Å². The summed E-state index contributed by atoms with van der Waals surface area (Å²) in [5, 5.41) is 0. The Kier molecular flexibility index (Phi) is 6.42. The van der Waals surface area contributed by atoms with Gasteiger partial charge in [0.25, 0.3) is 0 Å². The predicted molar refractivity (Wildman–Crippen MR) is 131 cm³/mol. The number of piperazine rings is 1. The highest BCUT2D eigenvalue weighted by molar-refractivity contribution is 5.60. The van der Waals surface area contributed by atoms with E-state index in [-0.39, 0.29) is 0 Å². The third-order valence-corrected chi connectivity index (χ3v) is 6.80. The Morgan fingerprint density at radius 3 is 2.03 bits per heavy atom. The van der Waals surface area contributed by atoms with Gasteiger partial charge >= 0.3 is 0 Å².